The summed E-state index contributed by atoms with van der Waals surface area (Å²) < 4.78 is 3.88. The van der Waals surface area contributed by atoms with Crippen molar-refractivity contribution in [3.05, 3.63) is 11.1 Å². The topological polar surface area (TPSA) is 25.8 Å². The van der Waals surface area contributed by atoms with Gasteiger partial charge in [-0.3, -0.25) is 0 Å². The highest BCUT2D eigenvalue weighted by Gasteiger charge is 2.36. The third kappa shape index (κ3) is 1.55. The van der Waals surface area contributed by atoms with Crippen LogP contribution in [0.15, 0.2) is 6.20 Å². The fourth-order valence-corrected chi connectivity index (χ4v) is 3.09. The minimum atomic E-state index is 0.536. The van der Waals surface area contributed by atoms with Crippen LogP contribution in [-0.2, 0) is 6.42 Å². The van der Waals surface area contributed by atoms with E-state index in [9.17, 15) is 0 Å². The van der Waals surface area contributed by atoms with Crippen molar-refractivity contribution in [3.8, 4) is 0 Å². The minimum Gasteiger partial charge on any atom is -0.146 e. The molecule has 12 heavy (non-hydrogen) atoms. The van der Waals surface area contributed by atoms with E-state index in [-0.39, 0.29) is 0 Å². The molecule has 1 heterocycles. The maximum Gasteiger partial charge on any atom is 0.0653 e. The molecule has 0 unspecified atom stereocenters. The highest BCUT2D eigenvalue weighted by Crippen LogP contribution is 2.45. The number of hydrogen-bond acceptors (Lipinski definition) is 3. The summed E-state index contributed by atoms with van der Waals surface area (Å²) in [6, 6.07) is 0. The minimum absolute atomic E-state index is 0.536. The molecule has 0 radical (unpaired) electrons. The van der Waals surface area contributed by atoms with Gasteiger partial charge in [-0.05, 0) is 36.2 Å². The van der Waals surface area contributed by atoms with Crippen molar-refractivity contribution >= 4 is 27.5 Å². The van der Waals surface area contributed by atoms with Crippen LogP contribution in [0.3, 0.4) is 0 Å². The molecule has 0 bridgehead atoms. The predicted octanol–water partition coefficient (Wildman–Crippen LogP) is 2.65. The molecule has 4 heteroatoms. The molecule has 0 N–H and O–H groups in total. The Kier molecular flexibility index (Phi) is 2.46. The first-order valence-electron chi connectivity index (χ1n) is 4.17. The molecule has 0 spiro atoms. The average Bonchev–Trinajstić information content (AvgIpc) is 2.49. The van der Waals surface area contributed by atoms with E-state index in [2.05, 4.69) is 25.5 Å². The van der Waals surface area contributed by atoms with Crippen LogP contribution in [0.2, 0.25) is 0 Å². The Hall–Kier alpha value is 0.0400. The van der Waals surface area contributed by atoms with Crippen LogP contribution in [-0.4, -0.2) is 14.9 Å². The maximum atomic E-state index is 3.88. The van der Waals surface area contributed by atoms with Gasteiger partial charge in [0, 0.05) is 10.2 Å². The smallest absolute Gasteiger partial charge is 0.0653 e. The van der Waals surface area contributed by atoms with Crippen LogP contribution >= 0.6 is 27.5 Å². The van der Waals surface area contributed by atoms with E-state index < -0.39 is 0 Å². The fourth-order valence-electron chi connectivity index (χ4n) is 1.67. The van der Waals surface area contributed by atoms with E-state index in [0.717, 1.165) is 11.8 Å². The Morgan fingerprint density at radius 1 is 1.58 bits per heavy atom. The van der Waals surface area contributed by atoms with E-state index in [0.29, 0.717) is 5.41 Å². The zero-order chi connectivity index (χ0) is 8.44. The summed E-state index contributed by atoms with van der Waals surface area (Å²) in [7, 11) is 0. The first kappa shape index (κ1) is 8.63. The highest BCUT2D eigenvalue weighted by atomic mass is 79.9. The third-order valence-electron chi connectivity index (χ3n) is 2.65. The lowest BCUT2D eigenvalue weighted by atomic mass is 9.68. The molecular weight excluding hydrogens is 236 g/mol. The van der Waals surface area contributed by atoms with Gasteiger partial charge < -0.3 is 0 Å². The predicted molar refractivity (Wildman–Crippen MR) is 53.7 cm³/mol. The zero-order valence-electron chi connectivity index (χ0n) is 6.79. The second-order valence-corrected chi connectivity index (χ2v) is 4.98. The summed E-state index contributed by atoms with van der Waals surface area (Å²) in [6.07, 6.45) is 7.16. The summed E-state index contributed by atoms with van der Waals surface area (Å²) >= 11 is 5.13. The molecule has 2 nitrogen and oxygen atoms in total. The lowest BCUT2D eigenvalue weighted by Gasteiger charge is -2.40. The Morgan fingerprint density at radius 2 is 2.42 bits per heavy atom. The van der Waals surface area contributed by atoms with Crippen molar-refractivity contribution in [1.29, 1.82) is 0 Å². The standard InChI is InChI=1S/C8H11BrN2S/c9-6-8(2-1-3-8)4-7-5-10-11-12-7/h5H,1-4,6H2. The number of halogens is 1. The molecule has 0 amide bonds. The van der Waals surface area contributed by atoms with Crippen LogP contribution in [0.1, 0.15) is 24.1 Å². The van der Waals surface area contributed by atoms with Gasteiger partial charge >= 0.3 is 0 Å². The third-order valence-corrected chi connectivity index (χ3v) is 4.50. The van der Waals surface area contributed by atoms with Crippen molar-refractivity contribution in [2.75, 3.05) is 5.33 Å². The van der Waals surface area contributed by atoms with Gasteiger partial charge in [-0.15, -0.1) is 5.10 Å². The molecule has 2 rings (SSSR count). The largest absolute Gasteiger partial charge is 0.146 e. The molecule has 0 aliphatic heterocycles. The Balaban J connectivity index is 2.01. The molecule has 1 aliphatic rings. The van der Waals surface area contributed by atoms with Gasteiger partial charge in [0.25, 0.3) is 0 Å². The van der Waals surface area contributed by atoms with Crippen molar-refractivity contribution in [1.82, 2.24) is 9.59 Å². The van der Waals surface area contributed by atoms with Crippen molar-refractivity contribution < 1.29 is 0 Å². The summed E-state index contributed by atoms with van der Waals surface area (Å²) in [5, 5.41) is 4.98. The van der Waals surface area contributed by atoms with Crippen molar-refractivity contribution in [3.63, 3.8) is 0 Å². The van der Waals surface area contributed by atoms with Gasteiger partial charge in [-0.2, -0.15) is 0 Å². The number of hydrogen-bond donors (Lipinski definition) is 0. The molecule has 0 aromatic carbocycles. The SMILES string of the molecule is BrCC1(Cc2cnns2)CCC1. The van der Waals surface area contributed by atoms with E-state index in [1.165, 1.54) is 35.7 Å². The van der Waals surface area contributed by atoms with Crippen LogP contribution in [0.5, 0.6) is 0 Å². The molecular formula is C8H11BrN2S. The number of rotatable bonds is 3. The lowest BCUT2D eigenvalue weighted by Crippen LogP contribution is -2.33. The number of nitrogens with zero attached hydrogens (tertiary/aromatic N) is 2. The first-order chi connectivity index (χ1) is 5.85. The normalized spacial score (nSPS) is 20.4. The van der Waals surface area contributed by atoms with Gasteiger partial charge in [0.15, 0.2) is 0 Å². The van der Waals surface area contributed by atoms with E-state index >= 15 is 0 Å². The molecule has 1 aromatic rings. The molecule has 66 valence electrons. The highest BCUT2D eigenvalue weighted by molar-refractivity contribution is 9.09. The molecule has 0 atom stereocenters. The van der Waals surface area contributed by atoms with Crippen LogP contribution in [0.25, 0.3) is 0 Å². The second kappa shape index (κ2) is 3.42. The maximum absolute atomic E-state index is 3.88. The van der Waals surface area contributed by atoms with Crippen LogP contribution < -0.4 is 0 Å². The van der Waals surface area contributed by atoms with Crippen LogP contribution in [0, 0.1) is 5.41 Å². The number of alkyl halides is 1. The summed E-state index contributed by atoms with van der Waals surface area (Å²) in [5.41, 5.74) is 0.536. The average molecular weight is 247 g/mol. The second-order valence-electron chi connectivity index (χ2n) is 3.55. The van der Waals surface area contributed by atoms with Crippen molar-refractivity contribution in [2.24, 2.45) is 5.41 Å². The molecule has 0 saturated heterocycles. The quantitative estimate of drug-likeness (QED) is 0.767. The zero-order valence-corrected chi connectivity index (χ0v) is 9.20. The Labute approximate surface area is 84.7 Å². The Morgan fingerprint density at radius 3 is 2.83 bits per heavy atom. The van der Waals surface area contributed by atoms with E-state index in [4.69, 9.17) is 0 Å². The van der Waals surface area contributed by atoms with E-state index in [1.54, 1.807) is 0 Å². The van der Waals surface area contributed by atoms with Gasteiger partial charge in [0.2, 0.25) is 0 Å². The van der Waals surface area contributed by atoms with Gasteiger partial charge in [-0.1, -0.05) is 26.8 Å². The monoisotopic (exact) mass is 246 g/mol. The van der Waals surface area contributed by atoms with Gasteiger partial charge in [0.05, 0.1) is 6.20 Å². The summed E-state index contributed by atoms with van der Waals surface area (Å²) in [5.74, 6) is 0. The van der Waals surface area contributed by atoms with Crippen LogP contribution in [0.4, 0.5) is 0 Å². The first-order valence-corrected chi connectivity index (χ1v) is 6.06. The Bertz CT molecular complexity index is 238. The molecule has 1 fully saturated rings. The fraction of sp³-hybridized carbons (Fsp3) is 0.750. The van der Waals surface area contributed by atoms with Gasteiger partial charge in [-0.25, -0.2) is 0 Å². The van der Waals surface area contributed by atoms with Gasteiger partial charge in [0.1, 0.15) is 0 Å². The number of aromatic nitrogens is 2. The lowest BCUT2D eigenvalue weighted by molar-refractivity contribution is 0.171. The van der Waals surface area contributed by atoms with Crippen molar-refractivity contribution in [2.45, 2.75) is 25.7 Å². The summed E-state index contributed by atoms with van der Waals surface area (Å²) in [6.45, 7) is 0. The molecule has 1 aliphatic carbocycles. The van der Waals surface area contributed by atoms with E-state index in [1.807, 2.05) is 6.20 Å². The molecule has 1 saturated carbocycles. The molecule has 1 aromatic heterocycles. The summed E-state index contributed by atoms with van der Waals surface area (Å²) in [4.78, 5) is 1.33.